The summed E-state index contributed by atoms with van der Waals surface area (Å²) in [6.07, 6.45) is 1.23. The van der Waals surface area contributed by atoms with Gasteiger partial charge in [0.2, 0.25) is 0 Å². The Morgan fingerprint density at radius 1 is 1.40 bits per heavy atom. The van der Waals surface area contributed by atoms with Crippen LogP contribution in [0.15, 0.2) is 18.3 Å². The first kappa shape index (κ1) is 11.9. The topological polar surface area (TPSA) is 90.7 Å². The van der Waals surface area contributed by atoms with Crippen LogP contribution in [-0.4, -0.2) is 39.5 Å². The number of rotatable bonds is 4. The van der Waals surface area contributed by atoms with E-state index in [1.807, 2.05) is 0 Å². The molecule has 6 heteroatoms. The Kier molecular flexibility index (Phi) is 3.62. The highest BCUT2D eigenvalue weighted by Crippen LogP contribution is 2.23. The minimum Gasteiger partial charge on any atom is -0.480 e. The van der Waals surface area contributed by atoms with Crippen LogP contribution >= 0.6 is 11.6 Å². The van der Waals surface area contributed by atoms with E-state index >= 15 is 0 Å². The van der Waals surface area contributed by atoms with Gasteiger partial charge in [0.25, 0.3) is 0 Å². The molecule has 0 spiro atoms. The minimum absolute atomic E-state index is 0.212. The zero-order chi connectivity index (χ0) is 11.5. The van der Waals surface area contributed by atoms with Crippen LogP contribution in [0.3, 0.4) is 0 Å². The van der Waals surface area contributed by atoms with Gasteiger partial charge in [0.05, 0.1) is 13.2 Å². The number of hydrogen-bond acceptors (Lipinski definition) is 4. The predicted octanol–water partition coefficient (Wildman–Crippen LogP) is 0.0420. The largest absolute Gasteiger partial charge is 0.480 e. The molecule has 0 fully saturated rings. The molecule has 0 saturated heterocycles. The van der Waals surface area contributed by atoms with E-state index in [1.54, 1.807) is 0 Å². The number of aromatic nitrogens is 1. The van der Waals surface area contributed by atoms with Crippen molar-refractivity contribution < 1.29 is 20.1 Å². The first-order valence-electron chi connectivity index (χ1n) is 4.14. The smallest absolute Gasteiger partial charge is 0.318 e. The molecule has 0 amide bonds. The van der Waals surface area contributed by atoms with Gasteiger partial charge in [-0.1, -0.05) is 17.7 Å². The van der Waals surface area contributed by atoms with Crippen LogP contribution in [-0.2, 0) is 10.2 Å². The van der Waals surface area contributed by atoms with E-state index in [-0.39, 0.29) is 10.7 Å². The molecule has 0 aromatic carbocycles. The summed E-state index contributed by atoms with van der Waals surface area (Å²) in [4.78, 5) is 14.7. The fourth-order valence-electron chi connectivity index (χ4n) is 1.15. The van der Waals surface area contributed by atoms with E-state index < -0.39 is 24.6 Å². The van der Waals surface area contributed by atoms with Crippen molar-refractivity contribution in [2.75, 3.05) is 13.2 Å². The van der Waals surface area contributed by atoms with Crippen molar-refractivity contribution in [3.8, 4) is 0 Å². The summed E-state index contributed by atoms with van der Waals surface area (Å²) in [5, 5.41) is 27.3. The standard InChI is InChI=1S/C9H10ClNO4/c10-7-2-1-6(3-11-7)9(4-12,5-13)8(14)15/h1-3,12-13H,4-5H2,(H,14,15). The van der Waals surface area contributed by atoms with Crippen molar-refractivity contribution in [2.45, 2.75) is 5.41 Å². The molecule has 0 radical (unpaired) electrons. The Hall–Kier alpha value is -1.17. The number of carboxylic acids is 1. The number of pyridine rings is 1. The molecule has 82 valence electrons. The van der Waals surface area contributed by atoms with E-state index in [2.05, 4.69) is 4.98 Å². The van der Waals surface area contributed by atoms with Gasteiger partial charge < -0.3 is 15.3 Å². The number of nitrogens with zero attached hydrogens (tertiary/aromatic N) is 1. The van der Waals surface area contributed by atoms with E-state index in [0.717, 1.165) is 0 Å². The molecule has 1 rings (SSSR count). The van der Waals surface area contributed by atoms with Crippen molar-refractivity contribution in [1.29, 1.82) is 0 Å². The SMILES string of the molecule is O=C(O)C(CO)(CO)c1ccc(Cl)nc1. The molecule has 1 heterocycles. The Morgan fingerprint density at radius 3 is 2.33 bits per heavy atom. The lowest BCUT2D eigenvalue weighted by molar-refractivity contribution is -0.147. The fraction of sp³-hybridized carbons (Fsp3) is 0.333. The summed E-state index contributed by atoms with van der Waals surface area (Å²) >= 11 is 5.54. The van der Waals surface area contributed by atoms with Gasteiger partial charge in [-0.3, -0.25) is 4.79 Å². The molecule has 1 aromatic heterocycles. The monoisotopic (exact) mass is 231 g/mol. The highest BCUT2D eigenvalue weighted by atomic mass is 35.5. The quantitative estimate of drug-likeness (QED) is 0.637. The normalized spacial score (nSPS) is 11.4. The van der Waals surface area contributed by atoms with Gasteiger partial charge in [0.15, 0.2) is 0 Å². The molecular formula is C9H10ClNO4. The van der Waals surface area contributed by atoms with Crippen LogP contribution in [0, 0.1) is 0 Å². The van der Waals surface area contributed by atoms with Crippen molar-refractivity contribution in [3.63, 3.8) is 0 Å². The van der Waals surface area contributed by atoms with Gasteiger partial charge in [0.1, 0.15) is 10.6 Å². The number of aliphatic hydroxyl groups excluding tert-OH is 2. The van der Waals surface area contributed by atoms with Gasteiger partial charge in [-0.25, -0.2) is 4.98 Å². The zero-order valence-electron chi connectivity index (χ0n) is 7.72. The second kappa shape index (κ2) is 4.57. The van der Waals surface area contributed by atoms with Crippen LogP contribution in [0.5, 0.6) is 0 Å². The Bertz CT molecular complexity index is 348. The number of hydrogen-bond donors (Lipinski definition) is 3. The second-order valence-corrected chi connectivity index (χ2v) is 3.46. The number of aliphatic hydroxyl groups is 2. The first-order chi connectivity index (χ1) is 7.06. The summed E-state index contributed by atoms with van der Waals surface area (Å²) in [7, 11) is 0. The molecule has 15 heavy (non-hydrogen) atoms. The molecule has 0 saturated carbocycles. The van der Waals surface area contributed by atoms with Crippen molar-refractivity contribution in [2.24, 2.45) is 0 Å². The maximum atomic E-state index is 11.0. The number of carbonyl (C=O) groups is 1. The van der Waals surface area contributed by atoms with E-state index in [9.17, 15) is 4.79 Å². The second-order valence-electron chi connectivity index (χ2n) is 3.07. The third kappa shape index (κ3) is 2.09. The van der Waals surface area contributed by atoms with Crippen LogP contribution in [0.1, 0.15) is 5.56 Å². The maximum absolute atomic E-state index is 11.0. The molecule has 0 unspecified atom stereocenters. The average molecular weight is 232 g/mol. The maximum Gasteiger partial charge on any atom is 0.318 e. The van der Waals surface area contributed by atoms with Crippen LogP contribution in [0.25, 0.3) is 0 Å². The highest BCUT2D eigenvalue weighted by molar-refractivity contribution is 6.29. The van der Waals surface area contributed by atoms with Gasteiger partial charge in [-0.2, -0.15) is 0 Å². The molecule has 0 atom stereocenters. The predicted molar refractivity (Wildman–Crippen MR) is 52.7 cm³/mol. The molecule has 0 bridgehead atoms. The van der Waals surface area contributed by atoms with E-state index in [4.69, 9.17) is 26.9 Å². The van der Waals surface area contributed by atoms with Crippen LogP contribution < -0.4 is 0 Å². The minimum atomic E-state index is -1.72. The molecule has 5 nitrogen and oxygen atoms in total. The molecule has 3 N–H and O–H groups in total. The average Bonchev–Trinajstić information content (AvgIpc) is 2.22. The summed E-state index contributed by atoms with van der Waals surface area (Å²) in [5.41, 5.74) is -1.51. The number of aliphatic carboxylic acids is 1. The summed E-state index contributed by atoms with van der Waals surface area (Å²) in [6.45, 7) is -1.41. The van der Waals surface area contributed by atoms with Crippen molar-refractivity contribution in [3.05, 3.63) is 29.0 Å². The fourth-order valence-corrected chi connectivity index (χ4v) is 1.26. The van der Waals surface area contributed by atoms with Crippen LogP contribution in [0.2, 0.25) is 5.15 Å². The molecule has 1 aromatic rings. The van der Waals surface area contributed by atoms with Crippen molar-refractivity contribution in [1.82, 2.24) is 4.98 Å². The van der Waals surface area contributed by atoms with Crippen LogP contribution in [0.4, 0.5) is 0 Å². The lowest BCUT2D eigenvalue weighted by Gasteiger charge is -2.24. The molecule has 0 aliphatic heterocycles. The van der Waals surface area contributed by atoms with Gasteiger partial charge in [-0.05, 0) is 11.6 Å². The molecular weight excluding hydrogens is 222 g/mol. The zero-order valence-corrected chi connectivity index (χ0v) is 8.48. The number of halogens is 1. The Balaban J connectivity index is 3.20. The van der Waals surface area contributed by atoms with E-state index in [0.29, 0.717) is 0 Å². The lowest BCUT2D eigenvalue weighted by atomic mass is 9.83. The van der Waals surface area contributed by atoms with Gasteiger partial charge in [0, 0.05) is 6.20 Å². The third-order valence-electron chi connectivity index (χ3n) is 2.23. The third-order valence-corrected chi connectivity index (χ3v) is 2.45. The first-order valence-corrected chi connectivity index (χ1v) is 4.52. The summed E-state index contributed by atoms with van der Waals surface area (Å²) in [6, 6.07) is 2.82. The molecule has 0 aliphatic carbocycles. The van der Waals surface area contributed by atoms with E-state index in [1.165, 1.54) is 18.3 Å². The summed E-state index contributed by atoms with van der Waals surface area (Å²) in [5.74, 6) is -1.31. The van der Waals surface area contributed by atoms with Gasteiger partial charge in [-0.15, -0.1) is 0 Å². The highest BCUT2D eigenvalue weighted by Gasteiger charge is 2.39. The molecule has 0 aliphatic rings. The number of carboxylic acid groups (broad SMARTS) is 1. The summed E-state index contributed by atoms with van der Waals surface area (Å²) < 4.78 is 0. The van der Waals surface area contributed by atoms with Gasteiger partial charge >= 0.3 is 5.97 Å². The van der Waals surface area contributed by atoms with Crippen molar-refractivity contribution >= 4 is 17.6 Å². The Labute approximate surface area is 91.0 Å². The lowest BCUT2D eigenvalue weighted by Crippen LogP contribution is -2.43. The Morgan fingerprint density at radius 2 is 2.00 bits per heavy atom.